The first-order valence-corrected chi connectivity index (χ1v) is 10.1. The van der Waals surface area contributed by atoms with Crippen molar-refractivity contribution in [3.05, 3.63) is 57.5 Å². The van der Waals surface area contributed by atoms with Crippen LogP contribution >= 0.6 is 23.2 Å². The van der Waals surface area contributed by atoms with Crippen molar-refractivity contribution in [2.75, 3.05) is 26.2 Å². The molecular weight excluding hydrogens is 413 g/mol. The average Bonchev–Trinajstić information content (AvgIpc) is 3.28. The molecule has 0 bridgehead atoms. The summed E-state index contributed by atoms with van der Waals surface area (Å²) in [5.41, 5.74) is 3.19. The summed E-state index contributed by atoms with van der Waals surface area (Å²) in [6, 6.07) is 6.73. The molecule has 29 heavy (non-hydrogen) atoms. The summed E-state index contributed by atoms with van der Waals surface area (Å²) in [5, 5.41) is 9.32. The summed E-state index contributed by atoms with van der Waals surface area (Å²) < 4.78 is 7.19. The number of amides is 1. The Bertz CT molecular complexity index is 1040. The van der Waals surface area contributed by atoms with Crippen molar-refractivity contribution < 1.29 is 9.32 Å². The molecule has 1 aliphatic rings. The minimum atomic E-state index is -0.137. The molecule has 0 atom stereocenters. The molecule has 3 heterocycles. The molecule has 7 nitrogen and oxygen atoms in total. The average molecular weight is 434 g/mol. The third kappa shape index (κ3) is 4.32. The smallest absolute Gasteiger partial charge is 0.276 e. The monoisotopic (exact) mass is 433 g/mol. The van der Waals surface area contributed by atoms with Crippen LogP contribution in [0.2, 0.25) is 10.0 Å². The predicted molar refractivity (Wildman–Crippen MR) is 111 cm³/mol. The maximum atomic E-state index is 12.8. The Balaban J connectivity index is 1.39. The SMILES string of the molecule is Cc1nn(C)cc1CN1CCN(C(=O)c2cc(-c3ccc(Cl)cc3Cl)on2)CC1. The van der Waals surface area contributed by atoms with E-state index in [1.165, 1.54) is 5.56 Å². The van der Waals surface area contributed by atoms with Crippen molar-refractivity contribution in [1.82, 2.24) is 24.7 Å². The van der Waals surface area contributed by atoms with Crippen molar-refractivity contribution in [3.8, 4) is 11.3 Å². The highest BCUT2D eigenvalue weighted by Crippen LogP contribution is 2.31. The van der Waals surface area contributed by atoms with E-state index in [9.17, 15) is 4.79 Å². The van der Waals surface area contributed by atoms with Crippen LogP contribution in [-0.2, 0) is 13.6 Å². The fourth-order valence-corrected chi connectivity index (χ4v) is 4.01. The number of carbonyl (C=O) groups is 1. The van der Waals surface area contributed by atoms with Crippen LogP contribution in [0.1, 0.15) is 21.7 Å². The molecule has 1 saturated heterocycles. The molecule has 9 heteroatoms. The van der Waals surface area contributed by atoms with E-state index in [0.717, 1.165) is 25.3 Å². The molecule has 1 aliphatic heterocycles. The van der Waals surface area contributed by atoms with Gasteiger partial charge >= 0.3 is 0 Å². The van der Waals surface area contributed by atoms with E-state index in [-0.39, 0.29) is 11.6 Å². The zero-order valence-electron chi connectivity index (χ0n) is 16.2. The van der Waals surface area contributed by atoms with E-state index in [1.807, 2.05) is 24.9 Å². The van der Waals surface area contributed by atoms with Gasteiger partial charge in [0.2, 0.25) is 0 Å². The lowest BCUT2D eigenvalue weighted by molar-refractivity contribution is 0.0618. The first kappa shape index (κ1) is 19.9. The molecular formula is C20H21Cl2N5O2. The summed E-state index contributed by atoms with van der Waals surface area (Å²) in [7, 11) is 1.93. The van der Waals surface area contributed by atoms with Crippen molar-refractivity contribution in [2.24, 2.45) is 7.05 Å². The number of piperazine rings is 1. The minimum absolute atomic E-state index is 0.137. The van der Waals surface area contributed by atoms with Crippen molar-refractivity contribution in [1.29, 1.82) is 0 Å². The summed E-state index contributed by atoms with van der Waals surface area (Å²) in [5.74, 6) is 0.308. The second-order valence-corrected chi connectivity index (χ2v) is 8.03. The van der Waals surface area contributed by atoms with Crippen LogP contribution in [0.25, 0.3) is 11.3 Å². The van der Waals surface area contributed by atoms with Gasteiger partial charge in [-0.1, -0.05) is 28.4 Å². The van der Waals surface area contributed by atoms with Gasteiger partial charge in [0.1, 0.15) is 0 Å². The van der Waals surface area contributed by atoms with Crippen LogP contribution in [0.15, 0.2) is 35.0 Å². The molecule has 2 aromatic heterocycles. The third-order valence-electron chi connectivity index (χ3n) is 5.09. The lowest BCUT2D eigenvalue weighted by Gasteiger charge is -2.34. The second-order valence-electron chi connectivity index (χ2n) is 7.18. The molecule has 1 fully saturated rings. The number of hydrogen-bond donors (Lipinski definition) is 0. The van der Waals surface area contributed by atoms with Gasteiger partial charge in [-0.2, -0.15) is 5.10 Å². The first-order chi connectivity index (χ1) is 13.9. The summed E-state index contributed by atoms with van der Waals surface area (Å²) >= 11 is 12.2. The summed E-state index contributed by atoms with van der Waals surface area (Å²) in [6.45, 7) is 5.74. The quantitative estimate of drug-likeness (QED) is 0.627. The first-order valence-electron chi connectivity index (χ1n) is 9.33. The molecule has 1 amide bonds. The normalized spacial score (nSPS) is 15.1. The van der Waals surface area contributed by atoms with Crippen molar-refractivity contribution in [3.63, 3.8) is 0 Å². The van der Waals surface area contributed by atoms with Gasteiger partial charge in [-0.25, -0.2) is 0 Å². The number of hydrogen-bond acceptors (Lipinski definition) is 5. The van der Waals surface area contributed by atoms with Gasteiger partial charge in [0.25, 0.3) is 5.91 Å². The van der Waals surface area contributed by atoms with Gasteiger partial charge in [-0.3, -0.25) is 14.4 Å². The van der Waals surface area contributed by atoms with Gasteiger partial charge in [-0.05, 0) is 25.1 Å². The molecule has 0 radical (unpaired) electrons. The van der Waals surface area contributed by atoms with E-state index in [1.54, 1.807) is 29.2 Å². The van der Waals surface area contributed by atoms with Gasteiger partial charge in [0.05, 0.1) is 10.7 Å². The van der Waals surface area contributed by atoms with E-state index in [2.05, 4.69) is 15.2 Å². The molecule has 0 aliphatic carbocycles. The Morgan fingerprint density at radius 3 is 2.59 bits per heavy atom. The Morgan fingerprint density at radius 2 is 1.93 bits per heavy atom. The molecule has 152 valence electrons. The van der Waals surface area contributed by atoms with Crippen LogP contribution in [-0.4, -0.2) is 56.8 Å². The van der Waals surface area contributed by atoms with Crippen molar-refractivity contribution in [2.45, 2.75) is 13.5 Å². The third-order valence-corrected chi connectivity index (χ3v) is 5.64. The highest BCUT2D eigenvalue weighted by atomic mass is 35.5. The Kier molecular flexibility index (Phi) is 5.63. The molecule has 4 rings (SSSR count). The Labute approximate surface area is 178 Å². The van der Waals surface area contributed by atoms with Gasteiger partial charge in [-0.15, -0.1) is 0 Å². The van der Waals surface area contributed by atoms with E-state index >= 15 is 0 Å². The van der Waals surface area contributed by atoms with Crippen LogP contribution < -0.4 is 0 Å². The largest absolute Gasteiger partial charge is 0.355 e. The second kappa shape index (κ2) is 8.18. The summed E-state index contributed by atoms with van der Waals surface area (Å²) in [4.78, 5) is 17.0. The predicted octanol–water partition coefficient (Wildman–Crippen LogP) is 3.65. The number of halogens is 2. The number of nitrogens with zero attached hydrogens (tertiary/aromatic N) is 5. The highest BCUT2D eigenvalue weighted by Gasteiger charge is 2.25. The maximum Gasteiger partial charge on any atom is 0.276 e. The number of aromatic nitrogens is 3. The molecule has 0 unspecified atom stereocenters. The fourth-order valence-electron chi connectivity index (χ4n) is 3.51. The van der Waals surface area contributed by atoms with E-state index in [4.69, 9.17) is 27.7 Å². The number of aryl methyl sites for hydroxylation is 2. The van der Waals surface area contributed by atoms with Crippen LogP contribution in [0.4, 0.5) is 0 Å². The van der Waals surface area contributed by atoms with Gasteiger partial charge < -0.3 is 9.42 Å². The zero-order valence-corrected chi connectivity index (χ0v) is 17.7. The molecule has 3 aromatic rings. The van der Waals surface area contributed by atoms with Crippen LogP contribution in [0.3, 0.4) is 0 Å². The summed E-state index contributed by atoms with van der Waals surface area (Å²) in [6.07, 6.45) is 2.05. The maximum absolute atomic E-state index is 12.8. The van der Waals surface area contributed by atoms with Crippen LogP contribution in [0.5, 0.6) is 0 Å². The lowest BCUT2D eigenvalue weighted by atomic mass is 10.1. The van der Waals surface area contributed by atoms with E-state index in [0.29, 0.717) is 34.5 Å². The number of rotatable bonds is 4. The van der Waals surface area contributed by atoms with Gasteiger partial charge in [0.15, 0.2) is 11.5 Å². The highest BCUT2D eigenvalue weighted by molar-refractivity contribution is 6.36. The molecule has 0 spiro atoms. The van der Waals surface area contributed by atoms with Crippen LogP contribution in [0, 0.1) is 6.92 Å². The Hall–Kier alpha value is -2.35. The fraction of sp³-hybridized carbons (Fsp3) is 0.350. The minimum Gasteiger partial charge on any atom is -0.355 e. The molecule has 0 N–H and O–H groups in total. The van der Waals surface area contributed by atoms with E-state index < -0.39 is 0 Å². The number of benzene rings is 1. The molecule has 1 aromatic carbocycles. The zero-order chi connectivity index (χ0) is 20.5. The Morgan fingerprint density at radius 1 is 1.17 bits per heavy atom. The van der Waals surface area contributed by atoms with Gasteiger partial charge in [0, 0.05) is 68.2 Å². The topological polar surface area (TPSA) is 67.4 Å². The number of carbonyl (C=O) groups excluding carboxylic acids is 1. The lowest BCUT2D eigenvalue weighted by Crippen LogP contribution is -2.48. The standard InChI is InChI=1S/C20H21Cl2N5O2/c1-13-14(11-25(2)23-13)12-26-5-7-27(8-6-26)20(28)18-10-19(29-24-18)16-4-3-15(21)9-17(16)22/h3-4,9-11H,5-8,12H2,1-2H3. The van der Waals surface area contributed by atoms with Crippen molar-refractivity contribution >= 4 is 29.1 Å². The molecule has 0 saturated carbocycles.